The average Bonchev–Trinajstić information content (AvgIpc) is 1.99. The highest BCUT2D eigenvalue weighted by atomic mass is 35.5. The number of benzene rings is 1. The van der Waals surface area contributed by atoms with Crippen molar-refractivity contribution in [1.29, 1.82) is 0 Å². The fourth-order valence-corrected chi connectivity index (χ4v) is 1.19. The fraction of sp³-hybridized carbons (Fsp3) is 0.125. The van der Waals surface area contributed by atoms with Gasteiger partial charge in [-0.25, -0.2) is 0 Å². The number of carbonyl (C=O) groups excluding carboxylic acids is 1. The van der Waals surface area contributed by atoms with Crippen LogP contribution in [0.2, 0.25) is 10.0 Å². The molecule has 1 aromatic rings. The van der Waals surface area contributed by atoms with E-state index in [2.05, 4.69) is 0 Å². The van der Waals surface area contributed by atoms with E-state index in [0.29, 0.717) is 16.5 Å². The van der Waals surface area contributed by atoms with Gasteiger partial charge in [-0.2, -0.15) is 0 Å². The molecule has 0 heterocycles. The zero-order valence-electron chi connectivity index (χ0n) is 5.68. The van der Waals surface area contributed by atoms with Crippen molar-refractivity contribution in [1.82, 2.24) is 0 Å². The molecule has 0 aliphatic carbocycles. The van der Waals surface area contributed by atoms with Crippen LogP contribution in [0.25, 0.3) is 0 Å². The lowest BCUT2D eigenvalue weighted by Crippen LogP contribution is -1.86. The Balaban J connectivity index is 3.05. The van der Waals surface area contributed by atoms with Crippen LogP contribution in [0.15, 0.2) is 18.2 Å². The molecule has 0 radical (unpaired) electrons. The molecule has 0 aliphatic heterocycles. The van der Waals surface area contributed by atoms with E-state index in [1.54, 1.807) is 18.2 Å². The van der Waals surface area contributed by atoms with E-state index >= 15 is 0 Å². The van der Waals surface area contributed by atoms with Gasteiger partial charge in [-0.05, 0) is 11.6 Å². The first-order valence-electron chi connectivity index (χ1n) is 3.12. The summed E-state index contributed by atoms with van der Waals surface area (Å²) in [6, 6.07) is 5.24. The summed E-state index contributed by atoms with van der Waals surface area (Å²) in [5.74, 6) is 0. The number of aldehydes is 1. The van der Waals surface area contributed by atoms with Gasteiger partial charge in [0.1, 0.15) is 6.29 Å². The molecule has 1 rings (SSSR count). The molecule has 0 atom stereocenters. The van der Waals surface area contributed by atoms with E-state index < -0.39 is 0 Å². The first kappa shape index (κ1) is 8.57. The van der Waals surface area contributed by atoms with E-state index in [0.717, 1.165) is 11.8 Å². The highest BCUT2D eigenvalue weighted by molar-refractivity contribution is 6.42. The summed E-state index contributed by atoms with van der Waals surface area (Å²) in [5, 5.41) is 0.965. The lowest BCUT2D eigenvalue weighted by atomic mass is 10.2. The number of carbonyl (C=O) groups is 1. The van der Waals surface area contributed by atoms with E-state index in [1.165, 1.54) is 0 Å². The second-order valence-electron chi connectivity index (χ2n) is 2.08. The molecular weight excluding hydrogens is 183 g/mol. The summed E-state index contributed by atoms with van der Waals surface area (Å²) in [7, 11) is 0. The smallest absolute Gasteiger partial charge is 0.124 e. The summed E-state index contributed by atoms with van der Waals surface area (Å²) in [6.45, 7) is 0. The van der Waals surface area contributed by atoms with Crippen molar-refractivity contribution in [3.05, 3.63) is 33.8 Å². The highest BCUT2D eigenvalue weighted by Crippen LogP contribution is 2.25. The normalized spacial score (nSPS) is 9.64. The van der Waals surface area contributed by atoms with Crippen molar-refractivity contribution < 1.29 is 4.79 Å². The zero-order valence-corrected chi connectivity index (χ0v) is 7.19. The van der Waals surface area contributed by atoms with Crippen LogP contribution in [-0.4, -0.2) is 6.29 Å². The molecule has 0 N–H and O–H groups in total. The van der Waals surface area contributed by atoms with Crippen molar-refractivity contribution >= 4 is 29.5 Å². The Morgan fingerprint density at radius 3 is 2.73 bits per heavy atom. The van der Waals surface area contributed by atoms with E-state index in [9.17, 15) is 4.79 Å². The molecule has 1 nitrogen and oxygen atoms in total. The van der Waals surface area contributed by atoms with Gasteiger partial charge >= 0.3 is 0 Å². The number of rotatable bonds is 2. The monoisotopic (exact) mass is 188 g/mol. The van der Waals surface area contributed by atoms with Crippen LogP contribution >= 0.6 is 23.2 Å². The molecule has 0 aliphatic rings. The topological polar surface area (TPSA) is 17.1 Å². The predicted octanol–water partition coefficient (Wildman–Crippen LogP) is 2.73. The molecule has 3 heteroatoms. The minimum atomic E-state index is 0.319. The molecule has 0 spiro atoms. The van der Waals surface area contributed by atoms with Crippen LogP contribution in [0, 0.1) is 0 Å². The van der Waals surface area contributed by atoms with Crippen molar-refractivity contribution in [2.45, 2.75) is 6.42 Å². The van der Waals surface area contributed by atoms with Gasteiger partial charge in [0, 0.05) is 6.42 Å². The summed E-state index contributed by atoms with van der Waals surface area (Å²) >= 11 is 11.5. The molecule has 11 heavy (non-hydrogen) atoms. The fourth-order valence-electron chi connectivity index (χ4n) is 0.796. The largest absolute Gasteiger partial charge is 0.303 e. The van der Waals surface area contributed by atoms with Crippen molar-refractivity contribution in [2.24, 2.45) is 0 Å². The minimum Gasteiger partial charge on any atom is -0.303 e. The van der Waals surface area contributed by atoms with Crippen LogP contribution < -0.4 is 0 Å². The maximum absolute atomic E-state index is 10.1. The quantitative estimate of drug-likeness (QED) is 0.653. The van der Waals surface area contributed by atoms with Crippen LogP contribution in [0.3, 0.4) is 0 Å². The first-order valence-corrected chi connectivity index (χ1v) is 3.88. The molecule has 0 saturated heterocycles. The van der Waals surface area contributed by atoms with Crippen molar-refractivity contribution in [3.8, 4) is 0 Å². The van der Waals surface area contributed by atoms with Crippen LogP contribution in [0.4, 0.5) is 0 Å². The first-order chi connectivity index (χ1) is 5.25. The SMILES string of the molecule is O=CCc1cccc(Cl)c1Cl. The third-order valence-electron chi connectivity index (χ3n) is 1.33. The average molecular weight is 189 g/mol. The van der Waals surface area contributed by atoms with Crippen LogP contribution in [0.5, 0.6) is 0 Å². The van der Waals surface area contributed by atoms with Gasteiger partial charge < -0.3 is 4.79 Å². The molecule has 58 valence electrons. The van der Waals surface area contributed by atoms with Gasteiger partial charge in [0.15, 0.2) is 0 Å². The Bertz CT molecular complexity index is 271. The third-order valence-corrected chi connectivity index (χ3v) is 2.19. The summed E-state index contributed by atoms with van der Waals surface area (Å²) in [5.41, 5.74) is 0.772. The molecule has 0 aromatic heterocycles. The van der Waals surface area contributed by atoms with E-state index in [-0.39, 0.29) is 0 Å². The molecule has 0 fully saturated rings. The Kier molecular flexibility index (Phi) is 2.92. The summed E-state index contributed by atoms with van der Waals surface area (Å²) in [6.07, 6.45) is 1.12. The summed E-state index contributed by atoms with van der Waals surface area (Å²) in [4.78, 5) is 10.1. The van der Waals surface area contributed by atoms with Crippen LogP contribution in [-0.2, 0) is 11.2 Å². The summed E-state index contributed by atoms with van der Waals surface area (Å²) < 4.78 is 0. The molecule has 0 unspecified atom stereocenters. The Labute approximate surface area is 74.9 Å². The minimum absolute atomic E-state index is 0.319. The number of hydrogen-bond acceptors (Lipinski definition) is 1. The standard InChI is InChI=1S/C8H6Cl2O/c9-7-3-1-2-6(4-5-11)8(7)10/h1-3,5H,4H2. The Morgan fingerprint density at radius 1 is 1.36 bits per heavy atom. The molecule has 0 saturated carbocycles. The molecule has 0 bridgehead atoms. The zero-order chi connectivity index (χ0) is 8.27. The lowest BCUT2D eigenvalue weighted by molar-refractivity contribution is -0.107. The molecular formula is C8H6Cl2O. The van der Waals surface area contributed by atoms with Crippen LogP contribution in [0.1, 0.15) is 5.56 Å². The van der Waals surface area contributed by atoms with Crippen molar-refractivity contribution in [2.75, 3.05) is 0 Å². The lowest BCUT2D eigenvalue weighted by Gasteiger charge is -1.99. The Hall–Kier alpha value is -0.530. The van der Waals surface area contributed by atoms with E-state index in [1.807, 2.05) is 0 Å². The van der Waals surface area contributed by atoms with Crippen molar-refractivity contribution in [3.63, 3.8) is 0 Å². The van der Waals surface area contributed by atoms with Gasteiger partial charge in [0.2, 0.25) is 0 Å². The second kappa shape index (κ2) is 3.74. The van der Waals surface area contributed by atoms with Gasteiger partial charge in [0.05, 0.1) is 10.0 Å². The van der Waals surface area contributed by atoms with Gasteiger partial charge in [-0.15, -0.1) is 0 Å². The highest BCUT2D eigenvalue weighted by Gasteiger charge is 2.01. The van der Waals surface area contributed by atoms with Gasteiger partial charge in [-0.1, -0.05) is 35.3 Å². The second-order valence-corrected chi connectivity index (χ2v) is 2.87. The molecule has 1 aromatic carbocycles. The maximum Gasteiger partial charge on any atom is 0.124 e. The van der Waals surface area contributed by atoms with Gasteiger partial charge in [0.25, 0.3) is 0 Å². The van der Waals surface area contributed by atoms with E-state index in [4.69, 9.17) is 23.2 Å². The van der Waals surface area contributed by atoms with Gasteiger partial charge in [-0.3, -0.25) is 0 Å². The third kappa shape index (κ3) is 1.95. The number of halogens is 2. The molecule has 0 amide bonds. The predicted molar refractivity (Wildman–Crippen MR) is 46.2 cm³/mol. The Morgan fingerprint density at radius 2 is 2.09 bits per heavy atom. The number of hydrogen-bond donors (Lipinski definition) is 0. The maximum atomic E-state index is 10.1.